The SMILES string of the molecule is CCCCCCCCCCCCCCCC(=O)N[C@H](NC(=S)Nc1ccc(Cl)c(Cl)c1)C(Cl)(Cl)Cl. The molecule has 0 bridgehead atoms. The summed E-state index contributed by atoms with van der Waals surface area (Å²) in [6, 6.07) is 4.97. The Labute approximate surface area is 241 Å². The fourth-order valence-electron chi connectivity index (χ4n) is 3.61. The molecule has 0 fully saturated rings. The molecule has 0 spiro atoms. The van der Waals surface area contributed by atoms with Gasteiger partial charge in [0.2, 0.25) is 9.70 Å². The van der Waals surface area contributed by atoms with Crippen LogP contribution in [0.2, 0.25) is 10.0 Å². The van der Waals surface area contributed by atoms with Gasteiger partial charge in [0.15, 0.2) is 5.11 Å². The number of benzene rings is 1. The van der Waals surface area contributed by atoms with E-state index in [1.807, 2.05) is 0 Å². The smallest absolute Gasteiger partial charge is 0.228 e. The summed E-state index contributed by atoms with van der Waals surface area (Å²) < 4.78 is -1.80. The zero-order valence-electron chi connectivity index (χ0n) is 20.4. The number of carbonyl (C=O) groups excluding carboxylic acids is 1. The van der Waals surface area contributed by atoms with Crippen LogP contribution in [0.4, 0.5) is 5.69 Å². The van der Waals surface area contributed by atoms with Gasteiger partial charge in [-0.3, -0.25) is 4.79 Å². The highest BCUT2D eigenvalue weighted by molar-refractivity contribution is 7.80. The minimum Gasteiger partial charge on any atom is -0.339 e. The maximum absolute atomic E-state index is 12.4. The van der Waals surface area contributed by atoms with Crippen molar-refractivity contribution in [3.8, 4) is 0 Å². The molecule has 10 heteroatoms. The van der Waals surface area contributed by atoms with E-state index in [1.165, 1.54) is 64.2 Å². The largest absolute Gasteiger partial charge is 0.339 e. The summed E-state index contributed by atoms with van der Waals surface area (Å²) in [5.74, 6) is -0.200. The molecule has 0 radical (unpaired) electrons. The molecule has 0 aliphatic carbocycles. The number of nitrogens with one attached hydrogen (secondary N) is 3. The molecule has 0 aromatic heterocycles. The Kier molecular flexibility index (Phi) is 17.8. The van der Waals surface area contributed by atoms with E-state index in [9.17, 15) is 4.79 Å². The lowest BCUT2D eigenvalue weighted by molar-refractivity contribution is -0.122. The van der Waals surface area contributed by atoms with Gasteiger partial charge >= 0.3 is 0 Å². The predicted molar refractivity (Wildman–Crippen MR) is 158 cm³/mol. The van der Waals surface area contributed by atoms with Crippen molar-refractivity contribution in [2.75, 3.05) is 5.32 Å². The van der Waals surface area contributed by atoms with Crippen LogP contribution in [0, 0.1) is 0 Å². The highest BCUT2D eigenvalue weighted by Gasteiger charge is 2.34. The molecule has 1 rings (SSSR count). The van der Waals surface area contributed by atoms with Gasteiger partial charge in [-0.25, -0.2) is 0 Å². The zero-order valence-corrected chi connectivity index (χ0v) is 25.0. The third-order valence-corrected chi connectivity index (χ3v) is 7.21. The van der Waals surface area contributed by atoms with Gasteiger partial charge in [-0.05, 0) is 36.8 Å². The maximum Gasteiger partial charge on any atom is 0.228 e. The predicted octanol–water partition coefficient (Wildman–Crippen LogP) is 9.57. The van der Waals surface area contributed by atoms with Gasteiger partial charge in [0.1, 0.15) is 6.17 Å². The van der Waals surface area contributed by atoms with Crippen LogP contribution < -0.4 is 16.0 Å². The molecule has 0 aliphatic rings. The Balaban J connectivity index is 2.22. The first-order chi connectivity index (χ1) is 16.6. The number of hydrogen-bond donors (Lipinski definition) is 3. The average Bonchev–Trinajstić information content (AvgIpc) is 2.78. The van der Waals surface area contributed by atoms with E-state index in [4.69, 9.17) is 70.2 Å². The molecule has 0 aliphatic heterocycles. The molecule has 3 N–H and O–H groups in total. The Morgan fingerprint density at radius 1 is 0.829 bits per heavy atom. The molecule has 200 valence electrons. The number of unbranched alkanes of at least 4 members (excludes halogenated alkanes) is 12. The van der Waals surface area contributed by atoms with Crippen LogP contribution in [0.5, 0.6) is 0 Å². The first kappa shape index (κ1) is 32.9. The molecule has 0 saturated heterocycles. The van der Waals surface area contributed by atoms with Crippen molar-refractivity contribution >= 4 is 86.9 Å². The first-order valence-electron chi connectivity index (χ1n) is 12.5. The summed E-state index contributed by atoms with van der Waals surface area (Å²) in [6.07, 6.45) is 15.6. The second-order valence-corrected chi connectivity index (χ2v) is 12.4. The molecule has 1 aromatic carbocycles. The first-order valence-corrected chi connectivity index (χ1v) is 14.8. The van der Waals surface area contributed by atoms with Crippen LogP contribution in [0.3, 0.4) is 0 Å². The second kappa shape index (κ2) is 19.0. The lowest BCUT2D eigenvalue weighted by Gasteiger charge is -2.27. The van der Waals surface area contributed by atoms with E-state index in [0.29, 0.717) is 22.2 Å². The lowest BCUT2D eigenvalue weighted by atomic mass is 10.0. The molecule has 0 heterocycles. The number of amides is 1. The Hall–Kier alpha value is -0.170. The van der Waals surface area contributed by atoms with E-state index in [2.05, 4.69) is 22.9 Å². The topological polar surface area (TPSA) is 53.2 Å². The number of rotatable bonds is 17. The summed E-state index contributed by atoms with van der Waals surface area (Å²) in [5, 5.41) is 9.46. The molecule has 1 aromatic rings. The summed E-state index contributed by atoms with van der Waals surface area (Å²) in [6.45, 7) is 2.25. The summed E-state index contributed by atoms with van der Waals surface area (Å²) in [4.78, 5) is 12.4. The lowest BCUT2D eigenvalue weighted by Crippen LogP contribution is -2.56. The van der Waals surface area contributed by atoms with Crippen molar-refractivity contribution in [1.82, 2.24) is 10.6 Å². The molecule has 0 saturated carbocycles. The van der Waals surface area contributed by atoms with Gasteiger partial charge in [-0.2, -0.15) is 0 Å². The Morgan fingerprint density at radius 3 is 1.83 bits per heavy atom. The number of carbonyl (C=O) groups is 1. The standard InChI is InChI=1S/C25H38Cl5N3OS/c1-2-3-4-5-6-7-8-9-10-11-12-13-14-15-22(34)32-23(25(28,29)30)33-24(35)31-19-16-17-20(26)21(27)18-19/h16-18,23H,2-15H2,1H3,(H,32,34)(H2,31,33,35)/t23-/m1/s1. The zero-order chi connectivity index (χ0) is 26.1. The van der Waals surface area contributed by atoms with Crippen LogP contribution in [-0.4, -0.2) is 21.0 Å². The molecule has 0 unspecified atom stereocenters. The average molecular weight is 606 g/mol. The normalized spacial score (nSPS) is 12.3. The minimum absolute atomic E-state index is 0.168. The van der Waals surface area contributed by atoms with Gasteiger partial charge in [-0.15, -0.1) is 0 Å². The Bertz CT molecular complexity index is 761. The van der Waals surface area contributed by atoms with E-state index in [1.54, 1.807) is 18.2 Å². The number of hydrogen-bond acceptors (Lipinski definition) is 2. The number of alkyl halides is 3. The monoisotopic (exact) mass is 603 g/mol. The van der Waals surface area contributed by atoms with Crippen LogP contribution in [0.15, 0.2) is 18.2 Å². The quantitative estimate of drug-likeness (QED) is 0.0716. The third kappa shape index (κ3) is 16.3. The van der Waals surface area contributed by atoms with Gasteiger partial charge in [0.05, 0.1) is 10.0 Å². The van der Waals surface area contributed by atoms with Crippen molar-refractivity contribution in [3.05, 3.63) is 28.2 Å². The summed E-state index contributed by atoms with van der Waals surface area (Å²) in [7, 11) is 0. The van der Waals surface area contributed by atoms with Crippen molar-refractivity contribution in [2.45, 2.75) is 107 Å². The number of halogens is 5. The van der Waals surface area contributed by atoms with Crippen molar-refractivity contribution < 1.29 is 4.79 Å². The molecular formula is C25H38Cl5N3OS. The molecule has 4 nitrogen and oxygen atoms in total. The third-order valence-electron chi connectivity index (χ3n) is 5.59. The fourth-order valence-corrected chi connectivity index (χ4v) is 4.47. The molecule has 1 atom stereocenters. The second-order valence-electron chi connectivity index (χ2n) is 8.76. The number of thiocarbonyl (C=S) groups is 1. The summed E-state index contributed by atoms with van der Waals surface area (Å²) in [5.41, 5.74) is 0.610. The van der Waals surface area contributed by atoms with E-state index < -0.39 is 9.96 Å². The van der Waals surface area contributed by atoms with Crippen LogP contribution in [-0.2, 0) is 4.79 Å². The van der Waals surface area contributed by atoms with Crippen LogP contribution in [0.1, 0.15) is 96.8 Å². The maximum atomic E-state index is 12.4. The highest BCUT2D eigenvalue weighted by Crippen LogP contribution is 2.29. The van der Waals surface area contributed by atoms with Crippen LogP contribution in [0.25, 0.3) is 0 Å². The number of anilines is 1. The minimum atomic E-state index is -1.80. The van der Waals surface area contributed by atoms with Crippen molar-refractivity contribution in [2.24, 2.45) is 0 Å². The van der Waals surface area contributed by atoms with Gasteiger partial charge < -0.3 is 16.0 Å². The van der Waals surface area contributed by atoms with Gasteiger partial charge in [0.25, 0.3) is 0 Å². The summed E-state index contributed by atoms with van der Waals surface area (Å²) >= 11 is 35.4. The molecule has 1 amide bonds. The highest BCUT2D eigenvalue weighted by atomic mass is 35.6. The van der Waals surface area contributed by atoms with E-state index >= 15 is 0 Å². The Morgan fingerprint density at radius 2 is 1.34 bits per heavy atom. The van der Waals surface area contributed by atoms with Gasteiger partial charge in [-0.1, -0.05) is 142 Å². The fraction of sp³-hybridized carbons (Fsp3) is 0.680. The van der Waals surface area contributed by atoms with E-state index in [0.717, 1.165) is 19.3 Å². The van der Waals surface area contributed by atoms with Gasteiger partial charge in [0, 0.05) is 12.1 Å². The van der Waals surface area contributed by atoms with Crippen LogP contribution >= 0.6 is 70.2 Å². The molecule has 35 heavy (non-hydrogen) atoms. The van der Waals surface area contributed by atoms with E-state index in [-0.39, 0.29) is 11.0 Å². The molecular weight excluding hydrogens is 568 g/mol. The van der Waals surface area contributed by atoms with Crippen molar-refractivity contribution in [3.63, 3.8) is 0 Å². The van der Waals surface area contributed by atoms with Crippen molar-refractivity contribution in [1.29, 1.82) is 0 Å².